The Kier molecular flexibility index (Phi) is 2.38. The summed E-state index contributed by atoms with van der Waals surface area (Å²) in [5.74, 6) is 0. The maximum absolute atomic E-state index is 6.08. The summed E-state index contributed by atoms with van der Waals surface area (Å²) in [6, 6.07) is 5.77. The van der Waals surface area contributed by atoms with Gasteiger partial charge in [-0.2, -0.15) is 10.2 Å². The molecule has 0 aliphatic heterocycles. The highest BCUT2D eigenvalue weighted by molar-refractivity contribution is 6.01. The molecule has 3 rings (SSSR count). The molecule has 0 atom stereocenters. The van der Waals surface area contributed by atoms with Crippen LogP contribution in [0.1, 0.15) is 26.5 Å². The van der Waals surface area contributed by atoms with Crippen molar-refractivity contribution >= 4 is 16.6 Å². The van der Waals surface area contributed by atoms with Gasteiger partial charge < -0.3 is 5.73 Å². The number of hydrogen-bond acceptors (Lipinski definition) is 3. The van der Waals surface area contributed by atoms with Gasteiger partial charge in [0.05, 0.1) is 22.8 Å². The van der Waals surface area contributed by atoms with Crippen molar-refractivity contribution in [3.8, 4) is 11.3 Å². The molecule has 0 amide bonds. The molecule has 0 saturated carbocycles. The number of nitrogens with one attached hydrogen (secondary N) is 2. The predicted molar refractivity (Wildman–Crippen MR) is 76.8 cm³/mol. The van der Waals surface area contributed by atoms with E-state index in [-0.39, 0.29) is 5.41 Å². The number of aromatic amines is 2. The summed E-state index contributed by atoms with van der Waals surface area (Å²) < 4.78 is 0. The Morgan fingerprint density at radius 1 is 1.16 bits per heavy atom. The predicted octanol–water partition coefficient (Wildman–Crippen LogP) is 2.83. The van der Waals surface area contributed by atoms with Crippen molar-refractivity contribution in [1.82, 2.24) is 20.4 Å². The Hall–Kier alpha value is -2.30. The van der Waals surface area contributed by atoms with E-state index in [0.29, 0.717) is 0 Å². The van der Waals surface area contributed by atoms with Crippen LogP contribution in [0.4, 0.5) is 5.69 Å². The number of rotatable bonds is 1. The van der Waals surface area contributed by atoms with Crippen molar-refractivity contribution in [2.75, 3.05) is 5.73 Å². The fourth-order valence-corrected chi connectivity index (χ4v) is 2.33. The topological polar surface area (TPSA) is 83.4 Å². The fraction of sp³-hybridized carbons (Fsp3) is 0.286. The molecule has 1 aromatic carbocycles. The Labute approximate surface area is 111 Å². The first-order valence-corrected chi connectivity index (χ1v) is 6.25. The highest BCUT2D eigenvalue weighted by Gasteiger charge is 2.23. The maximum atomic E-state index is 6.08. The molecular weight excluding hydrogens is 238 g/mol. The number of nitrogens with zero attached hydrogens (tertiary/aromatic N) is 2. The molecule has 0 radical (unpaired) electrons. The lowest BCUT2D eigenvalue weighted by Crippen LogP contribution is -2.13. The number of fused-ring (bicyclic) bond motifs is 1. The first-order valence-electron chi connectivity index (χ1n) is 6.25. The van der Waals surface area contributed by atoms with E-state index in [1.165, 1.54) is 0 Å². The van der Waals surface area contributed by atoms with Crippen molar-refractivity contribution < 1.29 is 0 Å². The van der Waals surface area contributed by atoms with Crippen molar-refractivity contribution in [2.24, 2.45) is 0 Å². The molecular formula is C14H17N5. The van der Waals surface area contributed by atoms with Crippen LogP contribution in [0.3, 0.4) is 0 Å². The van der Waals surface area contributed by atoms with Crippen molar-refractivity contribution in [1.29, 1.82) is 0 Å². The first-order chi connectivity index (χ1) is 8.98. The van der Waals surface area contributed by atoms with Crippen LogP contribution in [0.25, 0.3) is 22.2 Å². The van der Waals surface area contributed by atoms with Gasteiger partial charge in [0.25, 0.3) is 0 Å². The van der Waals surface area contributed by atoms with Gasteiger partial charge >= 0.3 is 0 Å². The minimum absolute atomic E-state index is 0.0271. The van der Waals surface area contributed by atoms with E-state index < -0.39 is 0 Å². The second kappa shape index (κ2) is 3.85. The van der Waals surface area contributed by atoms with Crippen LogP contribution < -0.4 is 5.73 Å². The number of benzene rings is 1. The van der Waals surface area contributed by atoms with Crippen molar-refractivity contribution in [2.45, 2.75) is 26.2 Å². The average Bonchev–Trinajstić information content (AvgIpc) is 2.93. The van der Waals surface area contributed by atoms with Crippen LogP contribution in [-0.2, 0) is 5.41 Å². The Morgan fingerprint density at radius 2 is 1.95 bits per heavy atom. The standard InChI is InChI=1S/C14H17N5/c1-14(2,3)13-8(7-16-19-13)12-11-9(15)5-4-6-10(11)17-18-12/h4-7H,15H2,1-3H3,(H,16,19)(H,17,18). The number of nitrogen functional groups attached to an aromatic ring is 1. The number of nitrogens with two attached hydrogens (primary N) is 1. The van der Waals surface area contributed by atoms with Gasteiger partial charge in [-0.1, -0.05) is 26.8 Å². The van der Waals surface area contributed by atoms with Crippen LogP contribution in [-0.4, -0.2) is 20.4 Å². The number of H-pyrrole nitrogens is 2. The molecule has 0 aliphatic rings. The summed E-state index contributed by atoms with van der Waals surface area (Å²) >= 11 is 0. The lowest BCUT2D eigenvalue weighted by atomic mass is 9.88. The molecule has 0 fully saturated rings. The number of anilines is 1. The third-order valence-corrected chi connectivity index (χ3v) is 3.27. The van der Waals surface area contributed by atoms with Crippen molar-refractivity contribution in [3.05, 3.63) is 30.1 Å². The van der Waals surface area contributed by atoms with E-state index in [1.807, 2.05) is 24.4 Å². The third kappa shape index (κ3) is 1.78. The smallest absolute Gasteiger partial charge is 0.105 e. The van der Waals surface area contributed by atoms with Crippen LogP contribution in [0, 0.1) is 0 Å². The maximum Gasteiger partial charge on any atom is 0.105 e. The molecule has 2 heterocycles. The van der Waals surface area contributed by atoms with E-state index in [0.717, 1.165) is 33.5 Å². The Balaban J connectivity index is 2.29. The van der Waals surface area contributed by atoms with Gasteiger partial charge in [-0.25, -0.2) is 0 Å². The molecule has 4 N–H and O–H groups in total. The van der Waals surface area contributed by atoms with E-state index in [4.69, 9.17) is 5.73 Å². The zero-order valence-electron chi connectivity index (χ0n) is 11.3. The SMILES string of the molecule is CC(C)(C)c1[nH]ncc1-c1n[nH]c2cccc(N)c12. The van der Waals surface area contributed by atoms with E-state index in [9.17, 15) is 0 Å². The van der Waals surface area contributed by atoms with E-state index in [2.05, 4.69) is 41.2 Å². The zero-order valence-corrected chi connectivity index (χ0v) is 11.3. The average molecular weight is 255 g/mol. The normalized spacial score (nSPS) is 12.2. The second-order valence-corrected chi connectivity index (χ2v) is 5.75. The fourth-order valence-electron chi connectivity index (χ4n) is 2.33. The van der Waals surface area contributed by atoms with Crippen LogP contribution in [0.2, 0.25) is 0 Å². The van der Waals surface area contributed by atoms with Crippen LogP contribution in [0.5, 0.6) is 0 Å². The summed E-state index contributed by atoms with van der Waals surface area (Å²) in [4.78, 5) is 0. The molecule has 5 heteroatoms. The Bertz CT molecular complexity index is 730. The van der Waals surface area contributed by atoms with Crippen LogP contribution >= 0.6 is 0 Å². The van der Waals surface area contributed by atoms with Gasteiger partial charge in [-0.05, 0) is 12.1 Å². The minimum Gasteiger partial charge on any atom is -0.398 e. The Morgan fingerprint density at radius 3 is 2.68 bits per heavy atom. The second-order valence-electron chi connectivity index (χ2n) is 5.75. The molecule has 2 aromatic heterocycles. The van der Waals surface area contributed by atoms with Crippen molar-refractivity contribution in [3.63, 3.8) is 0 Å². The summed E-state index contributed by atoms with van der Waals surface area (Å²) in [6.45, 7) is 6.42. The largest absolute Gasteiger partial charge is 0.398 e. The quantitative estimate of drug-likeness (QED) is 0.585. The van der Waals surface area contributed by atoms with Gasteiger partial charge in [0, 0.05) is 16.7 Å². The monoisotopic (exact) mass is 255 g/mol. The lowest BCUT2D eigenvalue weighted by Gasteiger charge is -2.17. The highest BCUT2D eigenvalue weighted by atomic mass is 15.1. The highest BCUT2D eigenvalue weighted by Crippen LogP contribution is 2.35. The van der Waals surface area contributed by atoms with Gasteiger partial charge in [-0.3, -0.25) is 10.2 Å². The lowest BCUT2D eigenvalue weighted by molar-refractivity contribution is 0.568. The van der Waals surface area contributed by atoms with Gasteiger partial charge in [0.2, 0.25) is 0 Å². The van der Waals surface area contributed by atoms with Crippen LogP contribution in [0.15, 0.2) is 24.4 Å². The number of hydrogen-bond donors (Lipinski definition) is 3. The van der Waals surface area contributed by atoms with Gasteiger partial charge in [0.15, 0.2) is 0 Å². The molecule has 0 saturated heterocycles. The van der Waals surface area contributed by atoms with E-state index >= 15 is 0 Å². The molecule has 98 valence electrons. The first kappa shape index (κ1) is 11.8. The zero-order chi connectivity index (χ0) is 13.6. The molecule has 0 spiro atoms. The van der Waals surface area contributed by atoms with E-state index in [1.54, 1.807) is 0 Å². The summed E-state index contributed by atoms with van der Waals surface area (Å²) in [5.41, 5.74) is 10.6. The molecule has 19 heavy (non-hydrogen) atoms. The summed E-state index contributed by atoms with van der Waals surface area (Å²) in [7, 11) is 0. The molecule has 0 aliphatic carbocycles. The molecule has 0 unspecified atom stereocenters. The molecule has 5 nitrogen and oxygen atoms in total. The summed E-state index contributed by atoms with van der Waals surface area (Å²) in [5, 5.41) is 15.6. The molecule has 0 bridgehead atoms. The van der Waals surface area contributed by atoms with Gasteiger partial charge in [-0.15, -0.1) is 0 Å². The van der Waals surface area contributed by atoms with Gasteiger partial charge in [0.1, 0.15) is 5.69 Å². The molecule has 3 aromatic rings. The summed E-state index contributed by atoms with van der Waals surface area (Å²) in [6.07, 6.45) is 1.81. The number of aromatic nitrogens is 4. The third-order valence-electron chi connectivity index (χ3n) is 3.27. The minimum atomic E-state index is -0.0271.